The van der Waals surface area contributed by atoms with Crippen molar-refractivity contribution in [2.75, 3.05) is 32.1 Å². The van der Waals surface area contributed by atoms with Crippen molar-refractivity contribution < 1.29 is 22.7 Å². The second-order valence-electron chi connectivity index (χ2n) is 7.14. The fraction of sp³-hybridized carbons (Fsp3) is 0.409. The molecule has 0 spiro atoms. The van der Waals surface area contributed by atoms with Crippen LogP contribution in [-0.4, -0.2) is 45.4 Å². The van der Waals surface area contributed by atoms with Crippen LogP contribution in [0.4, 0.5) is 5.69 Å². The summed E-state index contributed by atoms with van der Waals surface area (Å²) in [5.74, 6) is -0.0190. The van der Waals surface area contributed by atoms with Gasteiger partial charge in [-0.05, 0) is 55.7 Å². The van der Waals surface area contributed by atoms with Gasteiger partial charge in [-0.25, -0.2) is 8.42 Å². The van der Waals surface area contributed by atoms with Gasteiger partial charge >= 0.3 is 0 Å². The molecular weight excluding hydrogens is 404 g/mol. The van der Waals surface area contributed by atoms with E-state index in [9.17, 15) is 13.2 Å². The molecule has 30 heavy (non-hydrogen) atoms. The Morgan fingerprint density at radius 1 is 1.07 bits per heavy atom. The molecule has 3 rings (SSSR count). The van der Waals surface area contributed by atoms with Crippen molar-refractivity contribution in [1.29, 1.82) is 0 Å². The summed E-state index contributed by atoms with van der Waals surface area (Å²) in [7, 11) is -2.09. The van der Waals surface area contributed by atoms with Crippen LogP contribution in [0.3, 0.4) is 0 Å². The lowest BCUT2D eigenvalue weighted by Crippen LogP contribution is -2.35. The SMILES string of the molecule is CCOc1ccc(NC(=O)c2ccc(COC)cc2)cc1S(=O)(=O)N1CCCCC1. The zero-order valence-corrected chi connectivity index (χ0v) is 18.2. The number of ether oxygens (including phenoxy) is 2. The molecule has 7 nitrogen and oxygen atoms in total. The highest BCUT2D eigenvalue weighted by molar-refractivity contribution is 7.89. The van der Waals surface area contributed by atoms with Gasteiger partial charge in [0, 0.05) is 31.5 Å². The zero-order valence-electron chi connectivity index (χ0n) is 17.4. The molecule has 0 saturated carbocycles. The molecule has 1 aliphatic heterocycles. The summed E-state index contributed by atoms with van der Waals surface area (Å²) in [6, 6.07) is 11.8. The number of carbonyl (C=O) groups excluding carboxylic acids is 1. The van der Waals surface area contributed by atoms with Gasteiger partial charge in [0.1, 0.15) is 10.6 Å². The van der Waals surface area contributed by atoms with Crippen LogP contribution < -0.4 is 10.1 Å². The summed E-state index contributed by atoms with van der Waals surface area (Å²) in [5.41, 5.74) is 1.84. The average molecular weight is 433 g/mol. The summed E-state index contributed by atoms with van der Waals surface area (Å²) >= 11 is 0. The van der Waals surface area contributed by atoms with Gasteiger partial charge in [-0.15, -0.1) is 0 Å². The third-order valence-electron chi connectivity index (χ3n) is 4.96. The first kappa shape index (κ1) is 22.3. The van der Waals surface area contributed by atoms with Gasteiger partial charge in [-0.2, -0.15) is 4.31 Å². The Morgan fingerprint density at radius 3 is 2.40 bits per heavy atom. The molecule has 1 aliphatic rings. The fourth-order valence-corrected chi connectivity index (χ4v) is 5.10. The number of nitrogens with zero attached hydrogens (tertiary/aromatic N) is 1. The maximum Gasteiger partial charge on any atom is 0.255 e. The van der Waals surface area contributed by atoms with Gasteiger partial charge < -0.3 is 14.8 Å². The summed E-state index contributed by atoms with van der Waals surface area (Å²) in [6.45, 7) is 3.62. The highest BCUT2D eigenvalue weighted by atomic mass is 32.2. The van der Waals surface area contributed by atoms with Crippen molar-refractivity contribution in [3.8, 4) is 5.75 Å². The van der Waals surface area contributed by atoms with E-state index in [1.165, 1.54) is 10.4 Å². The van der Waals surface area contributed by atoms with Crippen LogP contribution in [0.1, 0.15) is 42.1 Å². The van der Waals surface area contributed by atoms with Crippen molar-refractivity contribution in [3.05, 3.63) is 53.6 Å². The van der Waals surface area contributed by atoms with Crippen molar-refractivity contribution in [3.63, 3.8) is 0 Å². The molecule has 1 saturated heterocycles. The number of hydrogen-bond donors (Lipinski definition) is 1. The van der Waals surface area contributed by atoms with Gasteiger partial charge in [0.15, 0.2) is 0 Å². The molecule has 2 aromatic rings. The molecule has 0 radical (unpaired) electrons. The zero-order chi connectivity index (χ0) is 21.6. The predicted octanol–water partition coefficient (Wildman–Crippen LogP) is 3.66. The molecule has 162 valence electrons. The molecule has 0 unspecified atom stereocenters. The molecule has 0 atom stereocenters. The number of piperidine rings is 1. The Balaban J connectivity index is 1.85. The van der Waals surface area contributed by atoms with E-state index < -0.39 is 10.0 Å². The number of sulfonamides is 1. The van der Waals surface area contributed by atoms with Crippen molar-refractivity contribution in [2.24, 2.45) is 0 Å². The van der Waals surface area contributed by atoms with E-state index in [4.69, 9.17) is 9.47 Å². The molecule has 1 heterocycles. The van der Waals surface area contributed by atoms with Crippen molar-refractivity contribution >= 4 is 21.6 Å². The monoisotopic (exact) mass is 432 g/mol. The van der Waals surface area contributed by atoms with E-state index in [1.54, 1.807) is 38.3 Å². The molecule has 8 heteroatoms. The Labute approximate surface area is 178 Å². The molecule has 0 aliphatic carbocycles. The lowest BCUT2D eigenvalue weighted by Gasteiger charge is -2.27. The van der Waals surface area contributed by atoms with E-state index in [1.807, 2.05) is 12.1 Å². The normalized spacial score (nSPS) is 15.0. The van der Waals surface area contributed by atoms with Crippen LogP contribution in [0.2, 0.25) is 0 Å². The Morgan fingerprint density at radius 2 is 1.77 bits per heavy atom. The third-order valence-corrected chi connectivity index (χ3v) is 6.88. The molecule has 0 aromatic heterocycles. The Hall–Kier alpha value is -2.42. The van der Waals surface area contributed by atoms with Crippen LogP contribution in [0.25, 0.3) is 0 Å². The number of amides is 1. The number of nitrogens with one attached hydrogen (secondary N) is 1. The first-order valence-electron chi connectivity index (χ1n) is 10.1. The van der Waals surface area contributed by atoms with Gasteiger partial charge in [0.25, 0.3) is 5.91 Å². The highest BCUT2D eigenvalue weighted by Crippen LogP contribution is 2.31. The first-order chi connectivity index (χ1) is 14.5. The van der Waals surface area contributed by atoms with E-state index >= 15 is 0 Å². The Kier molecular flexibility index (Phi) is 7.47. The lowest BCUT2D eigenvalue weighted by molar-refractivity contribution is 0.102. The molecule has 1 amide bonds. The molecule has 1 fully saturated rings. The second kappa shape index (κ2) is 10.1. The van der Waals surface area contributed by atoms with Gasteiger partial charge in [0.05, 0.1) is 13.2 Å². The average Bonchev–Trinajstić information content (AvgIpc) is 2.76. The van der Waals surface area contributed by atoms with Gasteiger partial charge in [-0.1, -0.05) is 18.6 Å². The maximum atomic E-state index is 13.2. The van der Waals surface area contributed by atoms with Gasteiger partial charge in [0.2, 0.25) is 10.0 Å². The number of methoxy groups -OCH3 is 1. The topological polar surface area (TPSA) is 84.9 Å². The number of anilines is 1. The van der Waals surface area contributed by atoms with Crippen molar-refractivity contribution in [1.82, 2.24) is 4.31 Å². The lowest BCUT2D eigenvalue weighted by atomic mass is 10.1. The predicted molar refractivity (Wildman–Crippen MR) is 115 cm³/mol. The maximum absolute atomic E-state index is 13.2. The fourth-order valence-electron chi connectivity index (χ4n) is 3.43. The summed E-state index contributed by atoms with van der Waals surface area (Å²) in [6.07, 6.45) is 2.72. The molecule has 1 N–H and O–H groups in total. The van der Waals surface area contributed by atoms with Gasteiger partial charge in [-0.3, -0.25) is 4.79 Å². The minimum Gasteiger partial charge on any atom is -0.492 e. The largest absolute Gasteiger partial charge is 0.492 e. The summed E-state index contributed by atoms with van der Waals surface area (Å²) in [4.78, 5) is 12.7. The number of carbonyl (C=O) groups is 1. The molecule has 2 aromatic carbocycles. The first-order valence-corrected chi connectivity index (χ1v) is 11.6. The molecule has 0 bridgehead atoms. The Bertz CT molecular complexity index is 968. The smallest absolute Gasteiger partial charge is 0.255 e. The van der Waals surface area contributed by atoms with Crippen LogP contribution in [0.5, 0.6) is 5.75 Å². The van der Waals surface area contributed by atoms with E-state index in [0.717, 1.165) is 24.8 Å². The third kappa shape index (κ3) is 5.19. The summed E-state index contributed by atoms with van der Waals surface area (Å²) < 4.78 is 38.6. The minimum atomic E-state index is -3.71. The number of hydrogen-bond acceptors (Lipinski definition) is 5. The van der Waals surface area contributed by atoms with Crippen LogP contribution in [0.15, 0.2) is 47.4 Å². The van der Waals surface area contributed by atoms with Crippen LogP contribution in [-0.2, 0) is 21.4 Å². The van der Waals surface area contributed by atoms with Crippen LogP contribution in [0, 0.1) is 0 Å². The quantitative estimate of drug-likeness (QED) is 0.688. The standard InChI is InChI=1S/C22H28N2O5S/c1-3-29-20-12-11-19(15-21(20)30(26,27)24-13-5-4-6-14-24)23-22(25)18-9-7-17(8-10-18)16-28-2/h7-12,15H,3-6,13-14,16H2,1-2H3,(H,23,25). The minimum absolute atomic E-state index is 0.0829. The number of rotatable bonds is 8. The summed E-state index contributed by atoms with van der Waals surface area (Å²) in [5, 5.41) is 2.79. The van der Waals surface area contributed by atoms with E-state index in [0.29, 0.717) is 43.3 Å². The molecular formula is C22H28N2O5S. The highest BCUT2D eigenvalue weighted by Gasteiger charge is 2.29. The number of benzene rings is 2. The van der Waals surface area contributed by atoms with E-state index in [-0.39, 0.29) is 10.8 Å². The second-order valence-corrected chi connectivity index (χ2v) is 9.05. The van der Waals surface area contributed by atoms with Crippen molar-refractivity contribution in [2.45, 2.75) is 37.7 Å². The van der Waals surface area contributed by atoms with E-state index in [2.05, 4.69) is 5.32 Å². The van der Waals surface area contributed by atoms with Crippen LogP contribution >= 0.6 is 0 Å².